The Morgan fingerprint density at radius 1 is 1.23 bits per heavy atom. The summed E-state index contributed by atoms with van der Waals surface area (Å²) >= 11 is 2.33. The predicted molar refractivity (Wildman–Crippen MR) is 129 cm³/mol. The van der Waals surface area contributed by atoms with E-state index in [9.17, 15) is 4.79 Å². The van der Waals surface area contributed by atoms with Crippen LogP contribution in [-0.4, -0.2) is 45.4 Å². The Balaban J connectivity index is 1.31. The van der Waals surface area contributed by atoms with Gasteiger partial charge in [-0.3, -0.25) is 0 Å². The van der Waals surface area contributed by atoms with Crippen LogP contribution in [0.3, 0.4) is 0 Å². The van der Waals surface area contributed by atoms with Crippen molar-refractivity contribution in [3.05, 3.63) is 40.1 Å². The lowest BCUT2D eigenvalue weighted by molar-refractivity contribution is 0.0518. The Labute approximate surface area is 195 Å². The SMILES string of the molecule is Cn1c(-c2cc(N3C[C@@H]4C(NC(=O)OC(C)(C)C)[C@@H]4C3)ncc2I)nc2ccccc21. The van der Waals surface area contributed by atoms with Gasteiger partial charge in [-0.2, -0.15) is 0 Å². The second-order valence-electron chi connectivity index (χ2n) is 9.41. The van der Waals surface area contributed by atoms with Crippen LogP contribution in [0.1, 0.15) is 20.8 Å². The molecule has 3 aromatic rings. The molecule has 1 aliphatic carbocycles. The average molecular weight is 531 g/mol. The van der Waals surface area contributed by atoms with Crippen molar-refractivity contribution < 1.29 is 9.53 Å². The van der Waals surface area contributed by atoms with Crippen LogP contribution in [0.5, 0.6) is 0 Å². The Bertz CT molecular complexity index is 1160. The van der Waals surface area contributed by atoms with Crippen LogP contribution in [0.15, 0.2) is 36.5 Å². The molecule has 2 aromatic heterocycles. The first kappa shape index (κ1) is 20.5. The van der Waals surface area contributed by atoms with Gasteiger partial charge in [0.05, 0.1) is 11.0 Å². The maximum absolute atomic E-state index is 12.1. The van der Waals surface area contributed by atoms with Crippen molar-refractivity contribution in [3.8, 4) is 11.4 Å². The molecule has 1 saturated carbocycles. The first-order chi connectivity index (χ1) is 14.7. The van der Waals surface area contributed by atoms with Gasteiger partial charge in [0.1, 0.15) is 17.2 Å². The molecular weight excluding hydrogens is 505 g/mol. The van der Waals surface area contributed by atoms with E-state index in [-0.39, 0.29) is 12.1 Å². The molecule has 8 heteroatoms. The molecule has 5 rings (SSSR count). The Morgan fingerprint density at radius 3 is 2.61 bits per heavy atom. The van der Waals surface area contributed by atoms with Crippen LogP contribution in [-0.2, 0) is 11.8 Å². The summed E-state index contributed by atoms with van der Waals surface area (Å²) in [7, 11) is 2.05. The molecular formula is C23H26IN5O2. The van der Waals surface area contributed by atoms with Gasteiger partial charge in [0.2, 0.25) is 0 Å². The zero-order valence-corrected chi connectivity index (χ0v) is 20.3. The van der Waals surface area contributed by atoms with Crippen molar-refractivity contribution in [2.45, 2.75) is 32.4 Å². The minimum absolute atomic E-state index is 0.203. The number of aryl methyl sites for hydroxylation is 1. The standard InChI is InChI=1S/C23H26IN5O2/c1-23(2,3)31-22(30)27-20-14-11-29(12-15(14)20)19-9-13(16(24)10-25-19)21-26-17-7-5-6-8-18(17)28(21)4/h5-10,14-15,20H,11-12H2,1-4H3,(H,27,30)/t14-,15+,20?. The lowest BCUT2D eigenvalue weighted by atomic mass is 10.2. The van der Waals surface area contributed by atoms with Crippen LogP contribution in [0.2, 0.25) is 0 Å². The van der Waals surface area contributed by atoms with Crippen molar-refractivity contribution in [2.75, 3.05) is 18.0 Å². The molecule has 7 nitrogen and oxygen atoms in total. The number of hydrogen-bond acceptors (Lipinski definition) is 5. The normalized spacial score (nSPS) is 22.5. The number of aromatic nitrogens is 3. The molecule has 2 fully saturated rings. The summed E-state index contributed by atoms with van der Waals surface area (Å²) in [5.74, 6) is 2.81. The fourth-order valence-electron chi connectivity index (χ4n) is 4.53. The summed E-state index contributed by atoms with van der Waals surface area (Å²) in [6, 6.07) is 10.5. The Kier molecular flexibility index (Phi) is 4.87. The summed E-state index contributed by atoms with van der Waals surface area (Å²) in [5.41, 5.74) is 2.73. The molecule has 162 valence electrons. The molecule has 1 N–H and O–H groups in total. The number of alkyl carbamates (subject to hydrolysis) is 1. The minimum Gasteiger partial charge on any atom is -0.444 e. The molecule has 1 aromatic carbocycles. The van der Waals surface area contributed by atoms with E-state index in [1.807, 2.05) is 45.2 Å². The van der Waals surface area contributed by atoms with Gasteiger partial charge >= 0.3 is 6.09 Å². The Hall–Kier alpha value is -2.36. The third-order valence-corrected chi connectivity index (χ3v) is 6.93. The average Bonchev–Trinajstić information content (AvgIpc) is 3.04. The van der Waals surface area contributed by atoms with Crippen molar-refractivity contribution in [1.29, 1.82) is 0 Å². The monoisotopic (exact) mass is 531 g/mol. The summed E-state index contributed by atoms with van der Waals surface area (Å²) in [4.78, 5) is 23.9. The van der Waals surface area contributed by atoms with Crippen LogP contribution < -0.4 is 10.2 Å². The Morgan fingerprint density at radius 2 is 1.94 bits per heavy atom. The molecule has 3 heterocycles. The number of amides is 1. The summed E-state index contributed by atoms with van der Waals surface area (Å²) < 4.78 is 8.61. The molecule has 3 atom stereocenters. The minimum atomic E-state index is -0.475. The van der Waals surface area contributed by atoms with Crippen LogP contribution in [0.4, 0.5) is 10.6 Å². The highest BCUT2D eigenvalue weighted by atomic mass is 127. The quantitative estimate of drug-likeness (QED) is 0.514. The van der Waals surface area contributed by atoms with Crippen molar-refractivity contribution in [1.82, 2.24) is 19.9 Å². The number of pyridine rings is 1. The molecule has 0 bridgehead atoms. The number of halogens is 1. The number of para-hydroxylation sites is 2. The number of anilines is 1. The maximum atomic E-state index is 12.1. The summed E-state index contributed by atoms with van der Waals surface area (Å²) in [6.07, 6.45) is 1.60. The van der Waals surface area contributed by atoms with Gasteiger partial charge in [0, 0.05) is 53.3 Å². The van der Waals surface area contributed by atoms with Gasteiger partial charge in [0.25, 0.3) is 0 Å². The fourth-order valence-corrected chi connectivity index (χ4v) is 5.07. The largest absolute Gasteiger partial charge is 0.444 e. The molecule has 1 amide bonds. The highest BCUT2D eigenvalue weighted by Crippen LogP contribution is 2.47. The van der Waals surface area contributed by atoms with Crippen molar-refractivity contribution in [2.24, 2.45) is 18.9 Å². The van der Waals surface area contributed by atoms with Gasteiger partial charge in [-0.05, 0) is 61.6 Å². The zero-order chi connectivity index (χ0) is 21.9. The number of piperidine rings is 1. The van der Waals surface area contributed by atoms with Crippen molar-refractivity contribution >= 4 is 45.5 Å². The van der Waals surface area contributed by atoms with E-state index < -0.39 is 5.60 Å². The van der Waals surface area contributed by atoms with E-state index >= 15 is 0 Å². The topological polar surface area (TPSA) is 72.3 Å². The maximum Gasteiger partial charge on any atom is 0.407 e. The number of fused-ring (bicyclic) bond motifs is 2. The van der Waals surface area contributed by atoms with Gasteiger partial charge in [0.15, 0.2) is 0 Å². The molecule has 31 heavy (non-hydrogen) atoms. The number of carbonyl (C=O) groups is 1. The third-order valence-electron chi connectivity index (χ3n) is 6.07. The number of ether oxygens (including phenoxy) is 1. The number of imidazole rings is 1. The molecule has 1 aliphatic heterocycles. The van der Waals surface area contributed by atoms with E-state index in [1.165, 1.54) is 0 Å². The second-order valence-corrected chi connectivity index (χ2v) is 10.6. The zero-order valence-electron chi connectivity index (χ0n) is 18.1. The van der Waals surface area contributed by atoms with Crippen LogP contribution in [0, 0.1) is 15.4 Å². The number of hydrogen-bond donors (Lipinski definition) is 1. The highest BCUT2D eigenvalue weighted by Gasteiger charge is 2.57. The molecule has 0 radical (unpaired) electrons. The van der Waals surface area contributed by atoms with Crippen LogP contribution in [0.25, 0.3) is 22.4 Å². The number of rotatable bonds is 3. The fraction of sp³-hybridized carbons (Fsp3) is 0.435. The smallest absolute Gasteiger partial charge is 0.407 e. The summed E-state index contributed by atoms with van der Waals surface area (Å²) in [6.45, 7) is 7.42. The van der Waals surface area contributed by atoms with E-state index in [0.717, 1.165) is 44.9 Å². The van der Waals surface area contributed by atoms with Crippen LogP contribution >= 0.6 is 22.6 Å². The first-order valence-electron chi connectivity index (χ1n) is 10.5. The van der Waals surface area contributed by atoms with E-state index in [4.69, 9.17) is 9.72 Å². The second kappa shape index (κ2) is 7.36. The third kappa shape index (κ3) is 3.86. The van der Waals surface area contributed by atoms with Gasteiger partial charge < -0.3 is 19.5 Å². The van der Waals surface area contributed by atoms with E-state index in [2.05, 4.69) is 61.5 Å². The van der Waals surface area contributed by atoms with Crippen molar-refractivity contribution in [3.63, 3.8) is 0 Å². The predicted octanol–water partition coefficient (Wildman–Crippen LogP) is 4.20. The molecule has 1 saturated heterocycles. The van der Waals surface area contributed by atoms with E-state index in [0.29, 0.717) is 11.8 Å². The number of benzene rings is 1. The lowest BCUT2D eigenvalue weighted by Crippen LogP contribution is -2.38. The van der Waals surface area contributed by atoms with E-state index in [1.54, 1.807) is 0 Å². The number of nitrogens with one attached hydrogen (secondary N) is 1. The first-order valence-corrected chi connectivity index (χ1v) is 11.6. The van der Waals surface area contributed by atoms with Gasteiger partial charge in [-0.1, -0.05) is 12.1 Å². The van der Waals surface area contributed by atoms with Gasteiger partial charge in [-0.25, -0.2) is 14.8 Å². The summed E-state index contributed by atoms with van der Waals surface area (Å²) in [5, 5.41) is 3.03. The molecule has 2 aliphatic rings. The van der Waals surface area contributed by atoms with Gasteiger partial charge in [-0.15, -0.1) is 0 Å². The molecule has 1 unspecified atom stereocenters. The number of nitrogens with zero attached hydrogens (tertiary/aromatic N) is 4. The molecule has 0 spiro atoms. The highest BCUT2D eigenvalue weighted by molar-refractivity contribution is 14.1. The lowest BCUT2D eigenvalue weighted by Gasteiger charge is -2.23. The number of carbonyl (C=O) groups excluding carboxylic acids is 1.